The highest BCUT2D eigenvalue weighted by molar-refractivity contribution is 9.09. The van der Waals surface area contributed by atoms with E-state index in [0.717, 1.165) is 12.8 Å². The Balaban J connectivity index is 2.09. The average molecular weight is 296 g/mol. The summed E-state index contributed by atoms with van der Waals surface area (Å²) < 4.78 is 5.69. The standard InChI is InChI=1S/C10H9BrCl2O/c11-6-4-7(5-6)14-10-8(12)2-1-3-9(10)13/h1-3,6-7H,4-5H2. The zero-order valence-electron chi connectivity index (χ0n) is 7.34. The van der Waals surface area contributed by atoms with E-state index in [4.69, 9.17) is 27.9 Å². The van der Waals surface area contributed by atoms with Crippen molar-refractivity contribution in [2.24, 2.45) is 0 Å². The van der Waals surface area contributed by atoms with E-state index in [-0.39, 0.29) is 6.10 Å². The molecule has 0 saturated heterocycles. The molecule has 0 unspecified atom stereocenters. The number of hydrogen-bond donors (Lipinski definition) is 0. The first kappa shape index (κ1) is 10.6. The molecule has 0 amide bonds. The largest absolute Gasteiger partial charge is 0.487 e. The summed E-state index contributed by atoms with van der Waals surface area (Å²) in [5, 5.41) is 1.16. The van der Waals surface area contributed by atoms with Crippen molar-refractivity contribution in [3.8, 4) is 5.75 Å². The van der Waals surface area contributed by atoms with Gasteiger partial charge in [0.05, 0.1) is 10.0 Å². The SMILES string of the molecule is Clc1cccc(Cl)c1OC1CC(Br)C1. The van der Waals surface area contributed by atoms with Gasteiger partial charge in [0, 0.05) is 4.83 Å². The van der Waals surface area contributed by atoms with Crippen LogP contribution in [0.25, 0.3) is 0 Å². The Morgan fingerprint density at radius 2 is 1.79 bits per heavy atom. The summed E-state index contributed by atoms with van der Waals surface area (Å²) in [5.74, 6) is 0.611. The van der Waals surface area contributed by atoms with Crippen LogP contribution in [-0.4, -0.2) is 10.9 Å². The van der Waals surface area contributed by atoms with Crippen LogP contribution in [-0.2, 0) is 0 Å². The highest BCUT2D eigenvalue weighted by Gasteiger charge is 2.29. The molecular weight excluding hydrogens is 287 g/mol. The van der Waals surface area contributed by atoms with Crippen LogP contribution in [0.15, 0.2) is 18.2 Å². The summed E-state index contributed by atoms with van der Waals surface area (Å²) in [7, 11) is 0. The van der Waals surface area contributed by atoms with Crippen molar-refractivity contribution in [3.63, 3.8) is 0 Å². The first-order chi connectivity index (χ1) is 6.66. The molecule has 1 saturated carbocycles. The maximum Gasteiger partial charge on any atom is 0.156 e. The van der Waals surface area contributed by atoms with E-state index in [1.807, 2.05) is 6.07 Å². The summed E-state index contributed by atoms with van der Waals surface area (Å²) in [6.07, 6.45) is 2.28. The van der Waals surface area contributed by atoms with E-state index in [1.54, 1.807) is 12.1 Å². The van der Waals surface area contributed by atoms with Gasteiger partial charge in [0.15, 0.2) is 5.75 Å². The Kier molecular flexibility index (Phi) is 3.25. The van der Waals surface area contributed by atoms with Crippen LogP contribution in [0.1, 0.15) is 12.8 Å². The van der Waals surface area contributed by atoms with Crippen LogP contribution < -0.4 is 4.74 Å². The Morgan fingerprint density at radius 3 is 2.29 bits per heavy atom. The third kappa shape index (κ3) is 2.18. The van der Waals surface area contributed by atoms with E-state index in [0.29, 0.717) is 20.6 Å². The normalized spacial score (nSPS) is 25.6. The van der Waals surface area contributed by atoms with Crippen LogP contribution in [0.3, 0.4) is 0 Å². The fourth-order valence-electron chi connectivity index (χ4n) is 1.36. The number of benzene rings is 1. The number of rotatable bonds is 2. The monoisotopic (exact) mass is 294 g/mol. The highest BCUT2D eigenvalue weighted by atomic mass is 79.9. The topological polar surface area (TPSA) is 9.23 Å². The van der Waals surface area contributed by atoms with Crippen LogP contribution in [0, 0.1) is 0 Å². The van der Waals surface area contributed by atoms with Crippen molar-refractivity contribution >= 4 is 39.1 Å². The van der Waals surface area contributed by atoms with Gasteiger partial charge in [-0.2, -0.15) is 0 Å². The van der Waals surface area contributed by atoms with Gasteiger partial charge in [-0.15, -0.1) is 0 Å². The number of para-hydroxylation sites is 1. The van der Waals surface area contributed by atoms with Gasteiger partial charge < -0.3 is 4.74 Å². The number of ether oxygens (including phenoxy) is 1. The predicted octanol–water partition coefficient (Wildman–Crippen LogP) is 4.30. The number of halogens is 3. The van der Waals surface area contributed by atoms with Crippen molar-refractivity contribution in [2.45, 2.75) is 23.8 Å². The number of alkyl halides is 1. The quantitative estimate of drug-likeness (QED) is 0.739. The molecule has 0 atom stereocenters. The third-order valence-corrected chi connectivity index (χ3v) is 3.58. The molecule has 0 spiro atoms. The molecule has 1 fully saturated rings. The molecule has 76 valence electrons. The smallest absolute Gasteiger partial charge is 0.156 e. The fraction of sp³-hybridized carbons (Fsp3) is 0.400. The second kappa shape index (κ2) is 4.30. The summed E-state index contributed by atoms with van der Waals surface area (Å²) in [6.45, 7) is 0. The summed E-state index contributed by atoms with van der Waals surface area (Å²) in [4.78, 5) is 0.578. The van der Waals surface area contributed by atoms with Crippen molar-refractivity contribution in [3.05, 3.63) is 28.2 Å². The van der Waals surface area contributed by atoms with E-state index < -0.39 is 0 Å². The average Bonchev–Trinajstić information content (AvgIpc) is 2.08. The zero-order chi connectivity index (χ0) is 10.1. The molecule has 0 bridgehead atoms. The summed E-state index contributed by atoms with van der Waals surface area (Å²) in [5.41, 5.74) is 0. The predicted molar refractivity (Wildman–Crippen MR) is 62.8 cm³/mol. The Morgan fingerprint density at radius 1 is 1.21 bits per heavy atom. The zero-order valence-corrected chi connectivity index (χ0v) is 10.4. The Bertz CT molecular complexity index is 317. The summed E-state index contributed by atoms with van der Waals surface area (Å²) in [6, 6.07) is 5.38. The van der Waals surface area contributed by atoms with Gasteiger partial charge in [-0.3, -0.25) is 0 Å². The lowest BCUT2D eigenvalue weighted by Crippen LogP contribution is -2.34. The second-order valence-electron chi connectivity index (χ2n) is 3.36. The molecule has 14 heavy (non-hydrogen) atoms. The third-order valence-electron chi connectivity index (χ3n) is 2.24. The van der Waals surface area contributed by atoms with Crippen LogP contribution >= 0.6 is 39.1 Å². The second-order valence-corrected chi connectivity index (χ2v) is 5.47. The highest BCUT2D eigenvalue weighted by Crippen LogP contribution is 2.37. The molecule has 1 aromatic rings. The van der Waals surface area contributed by atoms with Crippen molar-refractivity contribution in [2.75, 3.05) is 0 Å². The minimum absolute atomic E-state index is 0.247. The van der Waals surface area contributed by atoms with Gasteiger partial charge >= 0.3 is 0 Å². The molecule has 1 aromatic carbocycles. The lowest BCUT2D eigenvalue weighted by molar-refractivity contribution is 0.128. The molecule has 1 aliphatic carbocycles. The van der Waals surface area contributed by atoms with Gasteiger partial charge in [0.2, 0.25) is 0 Å². The minimum Gasteiger partial charge on any atom is -0.487 e. The van der Waals surface area contributed by atoms with Crippen molar-refractivity contribution in [1.82, 2.24) is 0 Å². The molecule has 4 heteroatoms. The minimum atomic E-state index is 0.247. The molecule has 0 aliphatic heterocycles. The van der Waals surface area contributed by atoms with E-state index in [1.165, 1.54) is 0 Å². The molecular formula is C10H9BrCl2O. The lowest BCUT2D eigenvalue weighted by atomic mass is 9.96. The molecule has 0 heterocycles. The molecule has 1 aliphatic rings. The number of hydrogen-bond acceptors (Lipinski definition) is 1. The molecule has 0 aromatic heterocycles. The van der Waals surface area contributed by atoms with E-state index >= 15 is 0 Å². The van der Waals surface area contributed by atoms with Crippen LogP contribution in [0.5, 0.6) is 5.75 Å². The van der Waals surface area contributed by atoms with Gasteiger partial charge in [0.1, 0.15) is 6.10 Å². The molecule has 0 radical (unpaired) electrons. The molecule has 1 nitrogen and oxygen atoms in total. The molecule has 2 rings (SSSR count). The van der Waals surface area contributed by atoms with Gasteiger partial charge in [-0.1, -0.05) is 45.2 Å². The Hall–Kier alpha value is 0.0800. The van der Waals surface area contributed by atoms with Crippen molar-refractivity contribution < 1.29 is 4.74 Å². The Labute approximate surface area is 101 Å². The van der Waals surface area contributed by atoms with E-state index in [9.17, 15) is 0 Å². The fourth-order valence-corrected chi connectivity index (χ4v) is 2.68. The van der Waals surface area contributed by atoms with Gasteiger partial charge in [0.25, 0.3) is 0 Å². The summed E-state index contributed by atoms with van der Waals surface area (Å²) >= 11 is 15.4. The lowest BCUT2D eigenvalue weighted by Gasteiger charge is -2.32. The van der Waals surface area contributed by atoms with Crippen LogP contribution in [0.4, 0.5) is 0 Å². The van der Waals surface area contributed by atoms with Crippen LogP contribution in [0.2, 0.25) is 10.0 Å². The first-order valence-corrected chi connectivity index (χ1v) is 6.08. The molecule has 0 N–H and O–H groups in total. The maximum absolute atomic E-state index is 5.97. The van der Waals surface area contributed by atoms with E-state index in [2.05, 4.69) is 15.9 Å². The van der Waals surface area contributed by atoms with Gasteiger partial charge in [-0.05, 0) is 25.0 Å². The maximum atomic E-state index is 5.97. The first-order valence-electron chi connectivity index (χ1n) is 4.41. The van der Waals surface area contributed by atoms with Crippen molar-refractivity contribution in [1.29, 1.82) is 0 Å². The van der Waals surface area contributed by atoms with Gasteiger partial charge in [-0.25, -0.2) is 0 Å².